The Morgan fingerprint density at radius 2 is 0.841 bits per heavy atom. The van der Waals surface area contributed by atoms with Crippen LogP contribution in [0.1, 0.15) is 0 Å². The second kappa shape index (κ2) is 19.7. The van der Waals surface area contributed by atoms with E-state index >= 15 is 0 Å². The Balaban J connectivity index is 1.68. The van der Waals surface area contributed by atoms with E-state index in [1.165, 1.54) is 0 Å². The number of aromatic hydroxyl groups is 3. The number of rotatable bonds is 19. The molecule has 0 aliphatic heterocycles. The molecule has 372 valence electrons. The summed E-state index contributed by atoms with van der Waals surface area (Å²) < 4.78 is 223. The molecule has 0 aromatic heterocycles. The number of hydrogen-bond acceptors (Lipinski definition) is 25. The summed E-state index contributed by atoms with van der Waals surface area (Å²) in [6.45, 7) is -2.13. The van der Waals surface area contributed by atoms with Crippen molar-refractivity contribution in [3.8, 4) is 17.2 Å². The van der Waals surface area contributed by atoms with Crippen LogP contribution in [-0.4, -0.2) is 122 Å². The summed E-state index contributed by atoms with van der Waals surface area (Å²) in [6, 6.07) is 9.79. The first-order valence-electron chi connectivity index (χ1n) is 17.6. The number of sulfone groups is 2. The second-order valence-corrected chi connectivity index (χ2v) is 23.7. The third-order valence-corrected chi connectivity index (χ3v) is 15.5. The summed E-state index contributed by atoms with van der Waals surface area (Å²) >= 11 is 0. The summed E-state index contributed by atoms with van der Waals surface area (Å²) in [4.78, 5) is -4.52. The monoisotopic (exact) mass is 1100 g/mol. The van der Waals surface area contributed by atoms with Gasteiger partial charge in [0.15, 0.2) is 54.0 Å². The molecular formula is C32H28N6O24S7. The summed E-state index contributed by atoms with van der Waals surface area (Å²) in [7, 11) is -34.7. The molecule has 0 fully saturated rings. The average Bonchev–Trinajstić information content (AvgIpc) is 3.21. The van der Waals surface area contributed by atoms with Crippen molar-refractivity contribution in [1.29, 1.82) is 0 Å². The van der Waals surface area contributed by atoms with E-state index in [4.69, 9.17) is 9.11 Å². The normalized spacial score (nSPS) is 13.6. The van der Waals surface area contributed by atoms with E-state index in [0.717, 1.165) is 48.5 Å². The minimum absolute atomic E-state index is 0.262. The van der Waals surface area contributed by atoms with Crippen molar-refractivity contribution in [2.75, 3.05) is 24.7 Å². The van der Waals surface area contributed by atoms with Crippen LogP contribution in [0.4, 0.5) is 34.1 Å². The van der Waals surface area contributed by atoms with Crippen LogP contribution in [0.3, 0.4) is 0 Å². The minimum Gasteiger partial charge on any atom is -0.504 e. The van der Waals surface area contributed by atoms with Crippen molar-refractivity contribution in [2.45, 2.75) is 24.5 Å². The molecule has 0 aliphatic rings. The number of fused-ring (bicyclic) bond motifs is 1. The molecule has 0 saturated heterocycles. The van der Waals surface area contributed by atoms with E-state index < -0.39 is 176 Å². The topological polar surface area (TPSA) is 493 Å². The molecule has 37 heteroatoms. The number of azo groups is 3. The minimum atomic E-state index is -5.46. The molecule has 5 rings (SSSR count). The van der Waals surface area contributed by atoms with Gasteiger partial charge in [-0.25, -0.2) is 25.2 Å². The largest absolute Gasteiger partial charge is 0.504 e. The quantitative estimate of drug-likeness (QED) is 0.0425. The van der Waals surface area contributed by atoms with Crippen molar-refractivity contribution >= 4 is 116 Å². The Morgan fingerprint density at radius 1 is 0.406 bits per heavy atom. The van der Waals surface area contributed by atoms with Crippen LogP contribution in [0.5, 0.6) is 17.2 Å². The number of hydrogen-bond donors (Lipinski definition) is 8. The van der Waals surface area contributed by atoms with Gasteiger partial charge in [0.25, 0.3) is 30.4 Å². The molecule has 0 aliphatic carbocycles. The fourth-order valence-electron chi connectivity index (χ4n) is 5.51. The van der Waals surface area contributed by atoms with Crippen LogP contribution in [0.25, 0.3) is 10.8 Å². The maximum absolute atomic E-state index is 12.8. The van der Waals surface area contributed by atoms with E-state index in [-0.39, 0.29) is 5.69 Å². The van der Waals surface area contributed by atoms with Crippen LogP contribution in [0.2, 0.25) is 0 Å². The molecule has 5 aromatic rings. The molecule has 5 aromatic carbocycles. The summed E-state index contributed by atoms with van der Waals surface area (Å²) in [6.07, 6.45) is 0. The smallest absolute Gasteiger partial charge is 0.397 e. The van der Waals surface area contributed by atoms with Gasteiger partial charge in [-0.2, -0.15) is 52.3 Å². The van der Waals surface area contributed by atoms with Gasteiger partial charge in [-0.05, 0) is 60.7 Å². The van der Waals surface area contributed by atoms with Crippen LogP contribution >= 0.6 is 0 Å². The van der Waals surface area contributed by atoms with Gasteiger partial charge in [0.2, 0.25) is 0 Å². The third-order valence-electron chi connectivity index (χ3n) is 8.53. The molecule has 8 N–H and O–H groups in total. The molecule has 0 atom stereocenters. The van der Waals surface area contributed by atoms with Crippen LogP contribution in [0.15, 0.2) is 128 Å². The maximum atomic E-state index is 12.8. The van der Waals surface area contributed by atoms with Gasteiger partial charge in [-0.15, -0.1) is 20.5 Å². The molecule has 0 bridgehead atoms. The molecule has 0 amide bonds. The predicted molar refractivity (Wildman–Crippen MR) is 229 cm³/mol. The lowest BCUT2D eigenvalue weighted by molar-refractivity contribution is 0.282. The Bertz CT molecular complexity index is 3810. The molecular weight excluding hydrogens is 1080 g/mol. The van der Waals surface area contributed by atoms with Crippen molar-refractivity contribution in [3.63, 3.8) is 0 Å². The van der Waals surface area contributed by atoms with Gasteiger partial charge in [0, 0.05) is 10.8 Å². The molecule has 30 nitrogen and oxygen atoms in total. The molecule has 0 saturated carbocycles. The third kappa shape index (κ3) is 13.6. The average molecular weight is 1110 g/mol. The predicted octanol–water partition coefficient (Wildman–Crippen LogP) is 4.13. The number of benzene rings is 5. The Morgan fingerprint density at radius 3 is 1.30 bits per heavy atom. The lowest BCUT2D eigenvalue weighted by Crippen LogP contribution is -2.16. The summed E-state index contributed by atoms with van der Waals surface area (Å²) in [5.74, 6) is -6.25. The zero-order valence-electron chi connectivity index (χ0n) is 33.4. The SMILES string of the molecule is O=S(=O)(O)OCCS(=O)(=O)c1ccc(N=Nc2c(O)c(N=Nc3cc(S(=O)(=O)O)c4cccc(S(=O)(=O)O)c4c3)c(O)c(N=Nc3ccc(S(=O)(=O)CCOS(=O)(=O)O)cc3S(=O)(=O)O)c2O)cc1. The van der Waals surface area contributed by atoms with E-state index in [1.807, 2.05) is 0 Å². The second-order valence-electron chi connectivity index (χ2n) is 13.2. The lowest BCUT2D eigenvalue weighted by atomic mass is 10.1. The highest BCUT2D eigenvalue weighted by Crippen LogP contribution is 2.57. The van der Waals surface area contributed by atoms with Gasteiger partial charge < -0.3 is 15.3 Å². The fourth-order valence-corrected chi connectivity index (χ4v) is 10.7. The zero-order valence-corrected chi connectivity index (χ0v) is 39.1. The summed E-state index contributed by atoms with van der Waals surface area (Å²) in [5.41, 5.74) is -5.38. The van der Waals surface area contributed by atoms with E-state index in [9.17, 15) is 87.9 Å². The van der Waals surface area contributed by atoms with E-state index in [2.05, 4.69) is 39.1 Å². The number of nitrogens with zero attached hydrogens (tertiary/aromatic N) is 6. The molecule has 0 spiro atoms. The molecule has 0 unspecified atom stereocenters. The first-order valence-corrected chi connectivity index (χ1v) is 27.9. The first-order chi connectivity index (χ1) is 31.6. The van der Waals surface area contributed by atoms with Gasteiger partial charge in [-0.1, -0.05) is 12.1 Å². The Labute approximate surface area is 389 Å². The Kier molecular flexibility index (Phi) is 15.4. The maximum Gasteiger partial charge on any atom is 0.397 e. The van der Waals surface area contributed by atoms with Crippen LogP contribution in [0, 0.1) is 0 Å². The van der Waals surface area contributed by atoms with Crippen molar-refractivity contribution in [1.82, 2.24) is 0 Å². The summed E-state index contributed by atoms with van der Waals surface area (Å²) in [5, 5.41) is 54.5. The molecule has 0 heterocycles. The zero-order chi connectivity index (χ0) is 51.7. The van der Waals surface area contributed by atoms with Crippen molar-refractivity contribution < 1.29 is 105 Å². The number of phenolic OH excluding ortho intramolecular Hbond substituents is 3. The first kappa shape index (κ1) is 53.9. The highest BCUT2D eigenvalue weighted by Gasteiger charge is 2.28. The standard InChI is InChI=1S/C32H28N6O24S7/c39-30-27(36-33-17-4-6-19(7-5-17)63(42,43)12-10-61-68(55,56)57)31(40)29(38-35-23-9-8-20(16-26(23)67(52,53)54)64(44,45)13-11-62-69(58,59)60)32(41)28(30)37-34-18-14-22-21(25(15-18)66(49,50)51)2-1-3-24(22)65(46,47)48/h1-9,14-16,39-41H,10-13H2,(H,46,47,48)(H,49,50,51)(H,52,53,54)(H,55,56,57)(H,58,59,60). The van der Waals surface area contributed by atoms with Gasteiger partial charge in [-0.3, -0.25) is 22.8 Å². The fraction of sp³-hybridized carbons (Fsp3) is 0.125. The lowest BCUT2D eigenvalue weighted by Gasteiger charge is -2.11. The molecule has 69 heavy (non-hydrogen) atoms. The van der Waals surface area contributed by atoms with Crippen molar-refractivity contribution in [2.24, 2.45) is 30.7 Å². The van der Waals surface area contributed by atoms with Crippen LogP contribution < -0.4 is 0 Å². The van der Waals surface area contributed by atoms with Crippen molar-refractivity contribution in [3.05, 3.63) is 72.8 Å². The highest BCUT2D eigenvalue weighted by molar-refractivity contribution is 7.92. The van der Waals surface area contributed by atoms with E-state index in [1.54, 1.807) is 0 Å². The highest BCUT2D eigenvalue weighted by atomic mass is 32.3. The van der Waals surface area contributed by atoms with Gasteiger partial charge in [0.05, 0.1) is 45.9 Å². The number of phenols is 3. The van der Waals surface area contributed by atoms with Gasteiger partial charge >= 0.3 is 20.8 Å². The van der Waals surface area contributed by atoms with Crippen LogP contribution in [-0.2, 0) is 79.2 Å². The Hall–Kier alpha value is -6.07. The van der Waals surface area contributed by atoms with Gasteiger partial charge in [0.1, 0.15) is 20.4 Å². The molecule has 0 radical (unpaired) electrons. The van der Waals surface area contributed by atoms with E-state index in [0.29, 0.717) is 24.3 Å².